The second-order valence-corrected chi connectivity index (χ2v) is 6.85. The molecule has 0 radical (unpaired) electrons. The highest BCUT2D eigenvalue weighted by atomic mass is 35.5. The molecule has 2 rings (SSSR count). The standard InChI is InChI=1S/C15H18ClN5O3S/c1-4-20-14(9(2)3)18-19-15(20)25-8-13(22)17-10-5-6-11(16)12(7-10)21(23)24/h5-7,9H,4,8H2,1-3H3,(H,17,22). The van der Waals surface area contributed by atoms with Gasteiger partial charge in [0.25, 0.3) is 5.69 Å². The lowest BCUT2D eigenvalue weighted by molar-refractivity contribution is -0.384. The zero-order chi connectivity index (χ0) is 18.6. The average molecular weight is 384 g/mol. The van der Waals surface area contributed by atoms with Crippen LogP contribution in [0.3, 0.4) is 0 Å². The van der Waals surface area contributed by atoms with E-state index in [-0.39, 0.29) is 28.3 Å². The number of carbonyl (C=O) groups excluding carboxylic acids is 1. The minimum atomic E-state index is -0.593. The van der Waals surface area contributed by atoms with Crippen LogP contribution in [0.4, 0.5) is 11.4 Å². The molecule has 25 heavy (non-hydrogen) atoms. The minimum absolute atomic E-state index is 0.0228. The summed E-state index contributed by atoms with van der Waals surface area (Å²) in [5.74, 6) is 0.939. The van der Waals surface area contributed by atoms with Crippen molar-refractivity contribution in [1.82, 2.24) is 14.8 Å². The number of halogens is 1. The maximum absolute atomic E-state index is 12.1. The van der Waals surface area contributed by atoms with Crippen molar-refractivity contribution in [1.29, 1.82) is 0 Å². The number of nitrogens with zero attached hydrogens (tertiary/aromatic N) is 4. The summed E-state index contributed by atoms with van der Waals surface area (Å²) in [5.41, 5.74) is 0.0703. The van der Waals surface area contributed by atoms with Gasteiger partial charge in [-0.2, -0.15) is 0 Å². The van der Waals surface area contributed by atoms with Crippen LogP contribution in [0.1, 0.15) is 32.5 Å². The third-order valence-electron chi connectivity index (χ3n) is 3.34. The number of carbonyl (C=O) groups is 1. The Labute approximate surface area is 154 Å². The SMILES string of the molecule is CCn1c(SCC(=O)Nc2ccc(Cl)c([N+](=O)[O-])c2)nnc1C(C)C. The molecule has 0 unspecified atom stereocenters. The number of nitro groups is 1. The fraction of sp³-hybridized carbons (Fsp3) is 0.400. The molecule has 0 spiro atoms. The van der Waals surface area contributed by atoms with Crippen LogP contribution < -0.4 is 5.32 Å². The molecule has 0 aliphatic rings. The quantitative estimate of drug-likeness (QED) is 0.444. The van der Waals surface area contributed by atoms with E-state index in [4.69, 9.17) is 11.6 Å². The monoisotopic (exact) mass is 383 g/mol. The smallest absolute Gasteiger partial charge is 0.289 e. The molecular formula is C15H18ClN5O3S. The molecule has 1 N–H and O–H groups in total. The maximum atomic E-state index is 12.1. The van der Waals surface area contributed by atoms with Crippen LogP contribution in [0.5, 0.6) is 0 Å². The molecule has 8 nitrogen and oxygen atoms in total. The van der Waals surface area contributed by atoms with Gasteiger partial charge in [0.2, 0.25) is 5.91 Å². The first-order valence-electron chi connectivity index (χ1n) is 7.63. The van der Waals surface area contributed by atoms with Gasteiger partial charge in [-0.05, 0) is 19.1 Å². The van der Waals surface area contributed by atoms with Crippen molar-refractivity contribution in [2.45, 2.75) is 38.4 Å². The number of hydrogen-bond acceptors (Lipinski definition) is 6. The molecule has 0 saturated carbocycles. The number of hydrogen-bond donors (Lipinski definition) is 1. The minimum Gasteiger partial charge on any atom is -0.325 e. The Hall–Kier alpha value is -2.13. The van der Waals surface area contributed by atoms with Gasteiger partial charge in [0.15, 0.2) is 5.16 Å². The zero-order valence-corrected chi connectivity index (χ0v) is 15.6. The summed E-state index contributed by atoms with van der Waals surface area (Å²) >= 11 is 7.02. The van der Waals surface area contributed by atoms with Gasteiger partial charge >= 0.3 is 0 Å². The van der Waals surface area contributed by atoms with E-state index < -0.39 is 4.92 Å². The van der Waals surface area contributed by atoms with E-state index >= 15 is 0 Å². The van der Waals surface area contributed by atoms with Crippen LogP contribution in [0.2, 0.25) is 5.02 Å². The molecule has 0 atom stereocenters. The van der Waals surface area contributed by atoms with Gasteiger partial charge in [-0.1, -0.05) is 37.2 Å². The van der Waals surface area contributed by atoms with Crippen LogP contribution in [-0.2, 0) is 11.3 Å². The van der Waals surface area contributed by atoms with Gasteiger partial charge < -0.3 is 9.88 Å². The average Bonchev–Trinajstić information content (AvgIpc) is 2.97. The van der Waals surface area contributed by atoms with E-state index in [0.717, 1.165) is 5.82 Å². The van der Waals surface area contributed by atoms with E-state index in [2.05, 4.69) is 15.5 Å². The van der Waals surface area contributed by atoms with Gasteiger partial charge in [-0.3, -0.25) is 14.9 Å². The van der Waals surface area contributed by atoms with Gasteiger partial charge in [0.1, 0.15) is 10.8 Å². The van der Waals surface area contributed by atoms with Gasteiger partial charge in [-0.25, -0.2) is 0 Å². The molecule has 1 heterocycles. The molecular weight excluding hydrogens is 366 g/mol. The van der Waals surface area contributed by atoms with Gasteiger partial charge in [0.05, 0.1) is 10.7 Å². The zero-order valence-electron chi connectivity index (χ0n) is 14.0. The summed E-state index contributed by atoms with van der Waals surface area (Å²) in [6.07, 6.45) is 0. The molecule has 2 aromatic rings. The number of amides is 1. The number of nitrogens with one attached hydrogen (secondary N) is 1. The van der Waals surface area contributed by atoms with Crippen LogP contribution >= 0.6 is 23.4 Å². The Bertz CT molecular complexity index is 793. The normalized spacial score (nSPS) is 10.9. The summed E-state index contributed by atoms with van der Waals surface area (Å²) in [6, 6.07) is 4.13. The van der Waals surface area contributed by atoms with E-state index in [1.807, 2.05) is 25.3 Å². The van der Waals surface area contributed by atoms with Crippen LogP contribution in [0, 0.1) is 10.1 Å². The molecule has 134 valence electrons. The number of nitro benzene ring substituents is 1. The van der Waals surface area contributed by atoms with Gasteiger partial charge in [-0.15, -0.1) is 10.2 Å². The third kappa shape index (κ3) is 4.70. The highest BCUT2D eigenvalue weighted by molar-refractivity contribution is 7.99. The van der Waals surface area contributed by atoms with Crippen molar-refractivity contribution in [2.24, 2.45) is 0 Å². The lowest BCUT2D eigenvalue weighted by Gasteiger charge is -2.09. The van der Waals surface area contributed by atoms with Crippen molar-refractivity contribution >= 4 is 40.6 Å². The summed E-state index contributed by atoms with van der Waals surface area (Å²) in [4.78, 5) is 22.4. The van der Waals surface area contributed by atoms with E-state index in [1.165, 1.54) is 30.0 Å². The van der Waals surface area contributed by atoms with Crippen LogP contribution in [0.15, 0.2) is 23.4 Å². The molecule has 1 aromatic heterocycles. The highest BCUT2D eigenvalue weighted by Crippen LogP contribution is 2.27. The number of benzene rings is 1. The topological polar surface area (TPSA) is 103 Å². The van der Waals surface area contributed by atoms with Crippen molar-refractivity contribution in [3.8, 4) is 0 Å². The van der Waals surface area contributed by atoms with Crippen molar-refractivity contribution in [3.63, 3.8) is 0 Å². The van der Waals surface area contributed by atoms with E-state index in [1.54, 1.807) is 0 Å². The summed E-state index contributed by atoms with van der Waals surface area (Å²) in [7, 11) is 0. The van der Waals surface area contributed by atoms with E-state index in [9.17, 15) is 14.9 Å². The lowest BCUT2D eigenvalue weighted by atomic mass is 10.2. The molecule has 0 bridgehead atoms. The molecule has 0 saturated heterocycles. The van der Waals surface area contributed by atoms with Crippen molar-refractivity contribution in [3.05, 3.63) is 39.2 Å². The van der Waals surface area contributed by atoms with Crippen LogP contribution in [0.25, 0.3) is 0 Å². The molecule has 0 aliphatic heterocycles. The van der Waals surface area contributed by atoms with Crippen molar-refractivity contribution in [2.75, 3.05) is 11.1 Å². The Balaban J connectivity index is 2.02. The van der Waals surface area contributed by atoms with Crippen molar-refractivity contribution < 1.29 is 9.72 Å². The van der Waals surface area contributed by atoms with Crippen LogP contribution in [-0.4, -0.2) is 31.3 Å². The Kier molecular flexibility index (Phi) is 6.38. The number of aromatic nitrogens is 3. The predicted octanol–water partition coefficient (Wildman–Crippen LogP) is 3.71. The molecule has 1 amide bonds. The summed E-state index contributed by atoms with van der Waals surface area (Å²) < 4.78 is 1.97. The molecule has 1 aromatic carbocycles. The first kappa shape index (κ1) is 19.2. The van der Waals surface area contributed by atoms with Gasteiger partial charge in [0, 0.05) is 24.2 Å². The second-order valence-electron chi connectivity index (χ2n) is 5.50. The first-order valence-corrected chi connectivity index (χ1v) is 8.99. The fourth-order valence-electron chi connectivity index (χ4n) is 2.19. The predicted molar refractivity (Wildman–Crippen MR) is 97.2 cm³/mol. The maximum Gasteiger partial charge on any atom is 0.289 e. The Morgan fingerprint density at radius 3 is 2.76 bits per heavy atom. The number of rotatable bonds is 7. The molecule has 10 heteroatoms. The van der Waals surface area contributed by atoms with E-state index in [0.29, 0.717) is 17.4 Å². The number of anilines is 1. The fourth-order valence-corrected chi connectivity index (χ4v) is 3.18. The third-order valence-corrected chi connectivity index (χ3v) is 4.62. The molecule has 0 fully saturated rings. The Morgan fingerprint density at radius 2 is 2.16 bits per heavy atom. The first-order chi connectivity index (χ1) is 11.8. The lowest BCUT2D eigenvalue weighted by Crippen LogP contribution is -2.15. The number of thioether (sulfide) groups is 1. The second kappa shape index (κ2) is 8.30. The summed E-state index contributed by atoms with van der Waals surface area (Å²) in [6.45, 7) is 6.77. The molecule has 0 aliphatic carbocycles. The highest BCUT2D eigenvalue weighted by Gasteiger charge is 2.17. The Morgan fingerprint density at radius 1 is 1.44 bits per heavy atom. The largest absolute Gasteiger partial charge is 0.325 e. The summed E-state index contributed by atoms with van der Waals surface area (Å²) in [5, 5.41) is 22.5.